The van der Waals surface area contributed by atoms with Crippen molar-refractivity contribution in [3.63, 3.8) is 0 Å². The molecule has 0 aromatic carbocycles. The molecule has 72 valence electrons. The van der Waals surface area contributed by atoms with E-state index in [1.807, 2.05) is 6.07 Å². The third-order valence-electron chi connectivity index (χ3n) is 1.92. The summed E-state index contributed by atoms with van der Waals surface area (Å²) in [5, 5.41) is -0.233. The minimum atomic E-state index is -0.233. The third kappa shape index (κ3) is 4.73. The molecule has 1 aromatic rings. The highest BCUT2D eigenvalue weighted by atomic mass is 35.5. The predicted molar refractivity (Wildman–Crippen MR) is 51.7 cm³/mol. The van der Waals surface area contributed by atoms with E-state index in [0.29, 0.717) is 6.42 Å². The number of aryl methyl sites for hydroxylation is 1. The zero-order chi connectivity index (χ0) is 9.52. The highest BCUT2D eigenvalue weighted by molar-refractivity contribution is 6.63. The predicted octanol–water partition coefficient (Wildman–Crippen LogP) is 3.15. The second kappa shape index (κ2) is 5.81. The Balaban J connectivity index is 1.99. The number of hydrogen-bond acceptors (Lipinski definition) is 2. The fraction of sp³-hybridized carbons (Fsp3) is 0.500. The van der Waals surface area contributed by atoms with E-state index in [4.69, 9.17) is 16.0 Å². The maximum atomic E-state index is 10.4. The number of carbonyl (C=O) groups excluding carboxylic acids is 1. The van der Waals surface area contributed by atoms with Gasteiger partial charge >= 0.3 is 0 Å². The zero-order valence-corrected chi connectivity index (χ0v) is 8.22. The molecule has 0 bridgehead atoms. The molecular weight excluding hydrogens is 188 g/mol. The van der Waals surface area contributed by atoms with Crippen molar-refractivity contribution in [3.8, 4) is 0 Å². The largest absolute Gasteiger partial charge is 0.472 e. The third-order valence-corrected chi connectivity index (χ3v) is 2.11. The molecule has 0 aliphatic rings. The average Bonchev–Trinajstić information content (AvgIpc) is 2.55. The number of furan rings is 1. The fourth-order valence-electron chi connectivity index (χ4n) is 1.20. The summed E-state index contributed by atoms with van der Waals surface area (Å²) in [6.07, 6.45) is 7.97. The number of unbranched alkanes of at least 4 members (excludes halogenated alkanes) is 2. The number of rotatable bonds is 6. The molecular formula is C10H13ClO2. The van der Waals surface area contributed by atoms with Crippen LogP contribution in [0.4, 0.5) is 0 Å². The molecule has 0 spiro atoms. The van der Waals surface area contributed by atoms with E-state index in [2.05, 4.69) is 0 Å². The van der Waals surface area contributed by atoms with Crippen molar-refractivity contribution in [3.05, 3.63) is 24.2 Å². The van der Waals surface area contributed by atoms with Gasteiger partial charge in [-0.1, -0.05) is 6.42 Å². The molecule has 0 amide bonds. The molecule has 0 unspecified atom stereocenters. The van der Waals surface area contributed by atoms with Gasteiger partial charge in [0.1, 0.15) is 0 Å². The lowest BCUT2D eigenvalue weighted by Crippen LogP contribution is -1.87. The van der Waals surface area contributed by atoms with Gasteiger partial charge in [0.15, 0.2) is 0 Å². The Hall–Kier alpha value is -0.760. The Morgan fingerprint density at radius 1 is 1.38 bits per heavy atom. The summed E-state index contributed by atoms with van der Waals surface area (Å²) in [6, 6.07) is 1.96. The molecule has 0 radical (unpaired) electrons. The van der Waals surface area contributed by atoms with Crippen LogP contribution in [0, 0.1) is 0 Å². The van der Waals surface area contributed by atoms with E-state index in [0.717, 1.165) is 25.7 Å². The highest BCUT2D eigenvalue weighted by Crippen LogP contribution is 2.08. The van der Waals surface area contributed by atoms with Crippen molar-refractivity contribution < 1.29 is 9.21 Å². The standard InChI is InChI=1S/C10H13ClO2/c11-10(12)5-3-1-2-4-9-6-7-13-8-9/h6-8H,1-5H2. The van der Waals surface area contributed by atoms with E-state index < -0.39 is 0 Å². The molecule has 0 aliphatic heterocycles. The molecule has 0 atom stereocenters. The molecule has 1 aromatic heterocycles. The van der Waals surface area contributed by atoms with Crippen LogP contribution in [0.5, 0.6) is 0 Å². The summed E-state index contributed by atoms with van der Waals surface area (Å²) in [6.45, 7) is 0. The Bertz CT molecular complexity index is 241. The van der Waals surface area contributed by atoms with Crippen molar-refractivity contribution in [1.82, 2.24) is 0 Å². The summed E-state index contributed by atoms with van der Waals surface area (Å²) >= 11 is 5.20. The summed E-state index contributed by atoms with van der Waals surface area (Å²) in [7, 11) is 0. The first kappa shape index (κ1) is 10.3. The Kier molecular flexibility index (Phi) is 4.61. The number of halogens is 1. The number of hydrogen-bond donors (Lipinski definition) is 0. The van der Waals surface area contributed by atoms with Crippen LogP contribution >= 0.6 is 11.6 Å². The molecule has 0 fully saturated rings. The van der Waals surface area contributed by atoms with Crippen LogP contribution in [-0.2, 0) is 11.2 Å². The average molecular weight is 201 g/mol. The van der Waals surface area contributed by atoms with Gasteiger partial charge in [-0.15, -0.1) is 0 Å². The van der Waals surface area contributed by atoms with Crippen LogP contribution in [0.3, 0.4) is 0 Å². The van der Waals surface area contributed by atoms with Crippen molar-refractivity contribution in [2.24, 2.45) is 0 Å². The smallest absolute Gasteiger partial charge is 0.221 e. The molecule has 13 heavy (non-hydrogen) atoms. The Morgan fingerprint density at radius 3 is 2.85 bits per heavy atom. The zero-order valence-electron chi connectivity index (χ0n) is 7.46. The highest BCUT2D eigenvalue weighted by Gasteiger charge is 1.97. The van der Waals surface area contributed by atoms with Gasteiger partial charge in [0.2, 0.25) is 5.24 Å². The normalized spacial score (nSPS) is 10.2. The summed E-state index contributed by atoms with van der Waals surface area (Å²) in [4.78, 5) is 10.4. The molecule has 2 nitrogen and oxygen atoms in total. The second-order valence-corrected chi connectivity index (χ2v) is 3.47. The van der Waals surface area contributed by atoms with Gasteiger partial charge in [-0.3, -0.25) is 4.79 Å². The molecule has 3 heteroatoms. The molecule has 0 aliphatic carbocycles. The maximum absolute atomic E-state index is 10.4. The Morgan fingerprint density at radius 2 is 2.23 bits per heavy atom. The number of carbonyl (C=O) groups is 1. The molecule has 1 rings (SSSR count). The van der Waals surface area contributed by atoms with Gasteiger partial charge in [0, 0.05) is 6.42 Å². The Labute approximate surface area is 82.9 Å². The van der Waals surface area contributed by atoms with Crippen LogP contribution in [0.1, 0.15) is 31.2 Å². The van der Waals surface area contributed by atoms with E-state index in [1.165, 1.54) is 5.56 Å². The summed E-state index contributed by atoms with van der Waals surface area (Å²) in [5.74, 6) is 0. The van der Waals surface area contributed by atoms with Crippen molar-refractivity contribution in [2.45, 2.75) is 32.1 Å². The van der Waals surface area contributed by atoms with Crippen LogP contribution in [0.15, 0.2) is 23.0 Å². The molecule has 0 N–H and O–H groups in total. The van der Waals surface area contributed by atoms with E-state index >= 15 is 0 Å². The van der Waals surface area contributed by atoms with Gasteiger partial charge in [-0.2, -0.15) is 0 Å². The first-order chi connectivity index (χ1) is 6.29. The fourth-order valence-corrected chi connectivity index (χ4v) is 1.34. The van der Waals surface area contributed by atoms with E-state index in [9.17, 15) is 4.79 Å². The quantitative estimate of drug-likeness (QED) is 0.522. The van der Waals surface area contributed by atoms with Gasteiger partial charge in [0.05, 0.1) is 12.5 Å². The van der Waals surface area contributed by atoms with Crippen molar-refractivity contribution >= 4 is 16.8 Å². The molecule has 1 heterocycles. The lowest BCUT2D eigenvalue weighted by atomic mass is 10.1. The summed E-state index contributed by atoms with van der Waals surface area (Å²) in [5.41, 5.74) is 1.22. The molecule has 0 saturated heterocycles. The van der Waals surface area contributed by atoms with Gasteiger partial charge in [-0.05, 0) is 42.5 Å². The first-order valence-electron chi connectivity index (χ1n) is 4.48. The van der Waals surface area contributed by atoms with Crippen molar-refractivity contribution in [2.75, 3.05) is 0 Å². The molecule has 0 saturated carbocycles. The van der Waals surface area contributed by atoms with Gasteiger partial charge in [-0.25, -0.2) is 0 Å². The SMILES string of the molecule is O=C(Cl)CCCCCc1ccoc1. The minimum Gasteiger partial charge on any atom is -0.472 e. The maximum Gasteiger partial charge on any atom is 0.221 e. The minimum absolute atomic E-state index is 0.233. The first-order valence-corrected chi connectivity index (χ1v) is 4.86. The van der Waals surface area contributed by atoms with Crippen LogP contribution in [-0.4, -0.2) is 5.24 Å². The monoisotopic (exact) mass is 200 g/mol. The van der Waals surface area contributed by atoms with Crippen LogP contribution < -0.4 is 0 Å². The van der Waals surface area contributed by atoms with Gasteiger partial charge in [0.25, 0.3) is 0 Å². The lowest BCUT2D eigenvalue weighted by Gasteiger charge is -1.96. The summed E-state index contributed by atoms with van der Waals surface area (Å²) < 4.78 is 4.93. The topological polar surface area (TPSA) is 30.2 Å². The second-order valence-electron chi connectivity index (χ2n) is 3.05. The van der Waals surface area contributed by atoms with Crippen LogP contribution in [0.25, 0.3) is 0 Å². The van der Waals surface area contributed by atoms with Gasteiger partial charge < -0.3 is 4.42 Å². The van der Waals surface area contributed by atoms with E-state index in [1.54, 1.807) is 12.5 Å². The lowest BCUT2D eigenvalue weighted by molar-refractivity contribution is -0.111. The van der Waals surface area contributed by atoms with E-state index in [-0.39, 0.29) is 5.24 Å². The van der Waals surface area contributed by atoms with Crippen LogP contribution in [0.2, 0.25) is 0 Å². The van der Waals surface area contributed by atoms with Crippen molar-refractivity contribution in [1.29, 1.82) is 0 Å².